The fourth-order valence-corrected chi connectivity index (χ4v) is 2.72. The zero-order valence-electron chi connectivity index (χ0n) is 13.9. The predicted molar refractivity (Wildman–Crippen MR) is 88.4 cm³/mol. The van der Waals surface area contributed by atoms with Crippen LogP contribution >= 0.6 is 11.8 Å². The van der Waals surface area contributed by atoms with Crippen molar-refractivity contribution in [2.24, 2.45) is 0 Å². The molecule has 1 aromatic heterocycles. The first kappa shape index (κ1) is 16.9. The summed E-state index contributed by atoms with van der Waals surface area (Å²) in [6.07, 6.45) is 4.40. The van der Waals surface area contributed by atoms with Crippen LogP contribution in [0.2, 0.25) is 0 Å². The Hall–Kier alpha value is -1.50. The van der Waals surface area contributed by atoms with Crippen molar-refractivity contribution in [2.75, 3.05) is 31.3 Å². The lowest BCUT2D eigenvalue weighted by Gasteiger charge is -2.27. The number of anilines is 1. The molecule has 7 heteroatoms. The summed E-state index contributed by atoms with van der Waals surface area (Å²) in [5.41, 5.74) is -0.457. The minimum Gasteiger partial charge on any atom is -0.444 e. The number of amides is 1. The third kappa shape index (κ3) is 4.25. The summed E-state index contributed by atoms with van der Waals surface area (Å²) in [6, 6.07) is 2.15. The van der Waals surface area contributed by atoms with Gasteiger partial charge < -0.3 is 14.5 Å². The van der Waals surface area contributed by atoms with Crippen LogP contribution in [0.5, 0.6) is 0 Å². The Morgan fingerprint density at radius 1 is 1.50 bits per heavy atom. The normalized spacial score (nSPS) is 18.4. The monoisotopic (exact) mass is 324 g/mol. The number of likely N-dealkylation sites (tertiary alicyclic amines) is 1. The van der Waals surface area contributed by atoms with Crippen LogP contribution in [0, 0.1) is 0 Å². The minimum atomic E-state index is -0.457. The zero-order chi connectivity index (χ0) is 16.3. The molecular formula is C15H24N4O2S. The first-order chi connectivity index (χ1) is 10.3. The third-order valence-corrected chi connectivity index (χ3v) is 4.09. The maximum Gasteiger partial charge on any atom is 0.410 e. The van der Waals surface area contributed by atoms with Gasteiger partial charge in [0, 0.05) is 32.4 Å². The lowest BCUT2D eigenvalue weighted by Crippen LogP contribution is -2.39. The van der Waals surface area contributed by atoms with Gasteiger partial charge in [0.25, 0.3) is 0 Å². The highest BCUT2D eigenvalue weighted by Crippen LogP contribution is 2.22. The molecule has 6 nitrogen and oxygen atoms in total. The smallest absolute Gasteiger partial charge is 0.410 e. The van der Waals surface area contributed by atoms with Gasteiger partial charge in [-0.3, -0.25) is 0 Å². The highest BCUT2D eigenvalue weighted by atomic mass is 32.2. The standard InChI is InChI=1S/C15H24N4O2S/c1-15(2,3)21-14(20)19-9-7-11(10-19)18(4)12-6-8-16-13(17-12)22-5/h6,8,11H,7,9-10H2,1-5H3/t11-/m0/s1. The van der Waals surface area contributed by atoms with Crippen LogP contribution < -0.4 is 4.90 Å². The summed E-state index contributed by atoms with van der Waals surface area (Å²) in [5, 5.41) is 0.756. The van der Waals surface area contributed by atoms with Gasteiger partial charge in [0.1, 0.15) is 11.4 Å². The molecule has 0 N–H and O–H groups in total. The van der Waals surface area contributed by atoms with Crippen molar-refractivity contribution in [2.45, 2.75) is 44.0 Å². The molecule has 0 aromatic carbocycles. The first-order valence-electron chi connectivity index (χ1n) is 7.38. The van der Waals surface area contributed by atoms with Gasteiger partial charge in [0.05, 0.1) is 0 Å². The number of ether oxygens (including phenoxy) is 1. The number of carbonyl (C=O) groups is 1. The Kier molecular flexibility index (Phi) is 5.16. The predicted octanol–water partition coefficient (Wildman–Crippen LogP) is 2.64. The summed E-state index contributed by atoms with van der Waals surface area (Å²) in [5.74, 6) is 0.885. The molecule has 1 saturated heterocycles. The van der Waals surface area contributed by atoms with Crippen LogP contribution in [-0.2, 0) is 4.74 Å². The highest BCUT2D eigenvalue weighted by Gasteiger charge is 2.32. The Labute approximate surface area is 136 Å². The Morgan fingerprint density at radius 2 is 2.23 bits per heavy atom. The van der Waals surface area contributed by atoms with E-state index >= 15 is 0 Å². The van der Waals surface area contributed by atoms with Gasteiger partial charge in [0.2, 0.25) is 0 Å². The quantitative estimate of drug-likeness (QED) is 0.629. The third-order valence-electron chi connectivity index (χ3n) is 3.53. The maximum atomic E-state index is 12.1. The minimum absolute atomic E-state index is 0.240. The van der Waals surface area contributed by atoms with Gasteiger partial charge in [-0.1, -0.05) is 11.8 Å². The second kappa shape index (κ2) is 6.73. The molecule has 1 amide bonds. The zero-order valence-corrected chi connectivity index (χ0v) is 14.7. The maximum absolute atomic E-state index is 12.1. The van der Waals surface area contributed by atoms with E-state index in [1.807, 2.05) is 40.1 Å². The van der Waals surface area contributed by atoms with E-state index in [9.17, 15) is 4.79 Å². The van der Waals surface area contributed by atoms with E-state index < -0.39 is 5.60 Å². The summed E-state index contributed by atoms with van der Waals surface area (Å²) < 4.78 is 5.43. The molecule has 0 aliphatic carbocycles. The van der Waals surface area contributed by atoms with Crippen LogP contribution in [0.1, 0.15) is 27.2 Å². The summed E-state index contributed by atoms with van der Waals surface area (Å²) in [7, 11) is 2.01. The second-order valence-corrected chi connectivity index (χ2v) is 7.15. The van der Waals surface area contributed by atoms with Gasteiger partial charge in [0.15, 0.2) is 5.16 Å². The lowest BCUT2D eigenvalue weighted by molar-refractivity contribution is 0.0292. The molecule has 1 atom stereocenters. The number of aromatic nitrogens is 2. The fourth-order valence-electron chi connectivity index (χ4n) is 2.36. The van der Waals surface area contributed by atoms with Crippen LogP contribution in [0.25, 0.3) is 0 Å². The van der Waals surface area contributed by atoms with E-state index in [1.165, 1.54) is 11.8 Å². The number of hydrogen-bond acceptors (Lipinski definition) is 6. The van der Waals surface area contributed by atoms with Crippen molar-refractivity contribution in [3.8, 4) is 0 Å². The van der Waals surface area contributed by atoms with Gasteiger partial charge in [-0.2, -0.15) is 0 Å². The molecule has 1 aromatic rings. The first-order valence-corrected chi connectivity index (χ1v) is 8.60. The van der Waals surface area contributed by atoms with E-state index in [4.69, 9.17) is 4.74 Å². The highest BCUT2D eigenvalue weighted by molar-refractivity contribution is 7.98. The Morgan fingerprint density at radius 3 is 2.86 bits per heavy atom. The fraction of sp³-hybridized carbons (Fsp3) is 0.667. The molecule has 1 aliphatic rings. The van der Waals surface area contributed by atoms with Crippen LogP contribution in [0.4, 0.5) is 10.6 Å². The lowest BCUT2D eigenvalue weighted by atomic mass is 10.2. The van der Waals surface area contributed by atoms with Crippen molar-refractivity contribution in [3.63, 3.8) is 0 Å². The van der Waals surface area contributed by atoms with E-state index in [1.54, 1.807) is 11.1 Å². The second-order valence-electron chi connectivity index (χ2n) is 6.38. The Bertz CT molecular complexity index is 533. The van der Waals surface area contributed by atoms with E-state index in [2.05, 4.69) is 14.9 Å². The largest absolute Gasteiger partial charge is 0.444 e. The molecule has 1 fully saturated rings. The molecule has 0 saturated carbocycles. The summed E-state index contributed by atoms with van der Waals surface area (Å²) in [6.45, 7) is 7.02. The molecule has 0 unspecified atom stereocenters. The number of thioether (sulfide) groups is 1. The van der Waals surface area contributed by atoms with Gasteiger partial charge >= 0.3 is 6.09 Å². The summed E-state index contributed by atoms with van der Waals surface area (Å²) in [4.78, 5) is 24.7. The molecule has 2 rings (SSSR count). The molecule has 0 radical (unpaired) electrons. The van der Waals surface area contributed by atoms with Crippen molar-refractivity contribution in [3.05, 3.63) is 12.3 Å². The van der Waals surface area contributed by atoms with Crippen molar-refractivity contribution in [1.82, 2.24) is 14.9 Å². The molecular weight excluding hydrogens is 300 g/mol. The molecule has 2 heterocycles. The van der Waals surface area contributed by atoms with Crippen LogP contribution in [0.15, 0.2) is 17.4 Å². The van der Waals surface area contributed by atoms with Crippen LogP contribution in [-0.4, -0.2) is 59.0 Å². The number of rotatable bonds is 3. The topological polar surface area (TPSA) is 58.6 Å². The number of hydrogen-bond donors (Lipinski definition) is 0. The van der Waals surface area contributed by atoms with Crippen molar-refractivity contribution < 1.29 is 9.53 Å². The number of nitrogens with zero attached hydrogens (tertiary/aromatic N) is 4. The number of carbonyl (C=O) groups excluding carboxylic acids is 1. The van der Waals surface area contributed by atoms with E-state index in [0.717, 1.165) is 17.4 Å². The Balaban J connectivity index is 1.98. The molecule has 22 heavy (non-hydrogen) atoms. The van der Waals surface area contributed by atoms with Gasteiger partial charge in [-0.25, -0.2) is 14.8 Å². The average molecular weight is 324 g/mol. The van der Waals surface area contributed by atoms with Crippen molar-refractivity contribution in [1.29, 1.82) is 0 Å². The molecule has 0 spiro atoms. The average Bonchev–Trinajstić information content (AvgIpc) is 2.94. The molecule has 0 bridgehead atoms. The molecule has 1 aliphatic heterocycles. The van der Waals surface area contributed by atoms with Crippen LogP contribution in [0.3, 0.4) is 0 Å². The van der Waals surface area contributed by atoms with E-state index in [-0.39, 0.29) is 12.1 Å². The number of likely N-dealkylation sites (N-methyl/N-ethyl adjacent to an activating group) is 1. The van der Waals surface area contributed by atoms with Gasteiger partial charge in [-0.05, 0) is 39.5 Å². The molecule has 122 valence electrons. The summed E-state index contributed by atoms with van der Waals surface area (Å²) >= 11 is 1.52. The van der Waals surface area contributed by atoms with Crippen molar-refractivity contribution >= 4 is 23.7 Å². The van der Waals surface area contributed by atoms with E-state index in [0.29, 0.717) is 13.1 Å². The van der Waals surface area contributed by atoms with Gasteiger partial charge in [-0.15, -0.1) is 0 Å². The SMILES string of the molecule is CSc1nccc(N(C)[C@H]2CCN(C(=O)OC(C)(C)C)C2)n1.